The van der Waals surface area contributed by atoms with Crippen LogP contribution in [0.5, 0.6) is 0 Å². The number of hydrogen-bond acceptors (Lipinski definition) is 0. The van der Waals surface area contributed by atoms with E-state index in [0.717, 1.165) is 5.56 Å². The smallest absolute Gasteiger partial charge is 0.123 e. The predicted molar refractivity (Wildman–Crippen MR) is 34.4 cm³/mol. The fourth-order valence-corrected chi connectivity index (χ4v) is 0.568. The van der Waals surface area contributed by atoms with E-state index in [1.54, 1.807) is 12.1 Å². The van der Waals surface area contributed by atoms with E-state index in [4.69, 9.17) is 0 Å². The molecule has 1 radical (unpaired) electrons. The molecule has 1 aromatic carbocycles. The molecule has 1 heteroatoms. The molecule has 1 rings (SSSR count). The van der Waals surface area contributed by atoms with Crippen molar-refractivity contribution in [2.45, 2.75) is 0 Å². The molecule has 0 nitrogen and oxygen atoms in total. The second-order valence-electron chi connectivity index (χ2n) is 1.68. The number of rotatable bonds is 1. The van der Waals surface area contributed by atoms with E-state index in [1.807, 2.05) is 0 Å². The minimum atomic E-state index is -0.228. The summed E-state index contributed by atoms with van der Waals surface area (Å²) in [6.45, 7) is 3.41. The zero-order chi connectivity index (χ0) is 6.69. The number of hydrogen-bond donors (Lipinski definition) is 0. The quantitative estimate of drug-likeness (QED) is 0.534. The lowest BCUT2D eigenvalue weighted by Gasteiger charge is -1.88. The first-order chi connectivity index (χ1) is 4.33. The van der Waals surface area contributed by atoms with Crippen LogP contribution in [0.3, 0.4) is 0 Å². The van der Waals surface area contributed by atoms with Crippen LogP contribution in [0.15, 0.2) is 30.8 Å². The van der Waals surface area contributed by atoms with Gasteiger partial charge in [0, 0.05) is 0 Å². The second-order valence-corrected chi connectivity index (χ2v) is 1.68. The summed E-state index contributed by atoms with van der Waals surface area (Å²) in [6.07, 6.45) is 2.64. The molecule has 1 aromatic rings. The van der Waals surface area contributed by atoms with E-state index in [0.29, 0.717) is 0 Å². The number of benzene rings is 1. The van der Waals surface area contributed by atoms with E-state index < -0.39 is 0 Å². The van der Waals surface area contributed by atoms with Gasteiger partial charge in [-0.1, -0.05) is 18.7 Å². The monoisotopic (exact) mass is 121 g/mol. The molecule has 0 bridgehead atoms. The highest BCUT2D eigenvalue weighted by molar-refractivity contribution is 5.20. The van der Waals surface area contributed by atoms with E-state index in [1.165, 1.54) is 12.1 Å². The van der Waals surface area contributed by atoms with Gasteiger partial charge in [-0.3, -0.25) is 0 Å². The van der Waals surface area contributed by atoms with Gasteiger partial charge in [-0.15, -0.1) is 0 Å². The van der Waals surface area contributed by atoms with Crippen molar-refractivity contribution in [1.29, 1.82) is 0 Å². The summed E-state index contributed by atoms with van der Waals surface area (Å²) in [5.41, 5.74) is 0.816. The van der Waals surface area contributed by atoms with Crippen LogP contribution in [0.25, 0.3) is 0 Å². The molecule has 9 heavy (non-hydrogen) atoms. The molecular formula is C8H6F. The zero-order valence-electron chi connectivity index (χ0n) is 4.89. The molecule has 0 atom stereocenters. The van der Waals surface area contributed by atoms with Gasteiger partial charge in [0.2, 0.25) is 0 Å². The molecule has 0 aliphatic rings. The molecule has 45 valence electrons. The minimum absolute atomic E-state index is 0.228. The molecule has 0 N–H and O–H groups in total. The van der Waals surface area contributed by atoms with Gasteiger partial charge >= 0.3 is 0 Å². The molecular weight excluding hydrogens is 115 g/mol. The largest absolute Gasteiger partial charge is 0.207 e. The molecule has 0 aromatic heterocycles. The average Bonchev–Trinajstić information content (AvgIpc) is 1.90. The molecule has 0 amide bonds. The van der Waals surface area contributed by atoms with Gasteiger partial charge in [0.05, 0.1) is 0 Å². The Balaban J connectivity index is 3.01. The summed E-state index contributed by atoms with van der Waals surface area (Å²) in [4.78, 5) is 0. The van der Waals surface area contributed by atoms with E-state index in [2.05, 4.69) is 12.7 Å². The van der Waals surface area contributed by atoms with Crippen molar-refractivity contribution in [2.24, 2.45) is 0 Å². The summed E-state index contributed by atoms with van der Waals surface area (Å²) in [5.74, 6) is -0.228. The maximum absolute atomic E-state index is 12.2. The topological polar surface area (TPSA) is 0 Å². The van der Waals surface area contributed by atoms with E-state index in [-0.39, 0.29) is 5.82 Å². The van der Waals surface area contributed by atoms with Gasteiger partial charge in [0.15, 0.2) is 0 Å². The fraction of sp³-hybridized carbons (Fsp3) is 0. The fourth-order valence-electron chi connectivity index (χ4n) is 0.568. The predicted octanol–water partition coefficient (Wildman–Crippen LogP) is 2.16. The van der Waals surface area contributed by atoms with Crippen LogP contribution in [-0.2, 0) is 0 Å². The second kappa shape index (κ2) is 2.44. The van der Waals surface area contributed by atoms with Gasteiger partial charge in [0.25, 0.3) is 0 Å². The highest BCUT2D eigenvalue weighted by Crippen LogP contribution is 2.00. The third-order valence-electron chi connectivity index (χ3n) is 1.05. The van der Waals surface area contributed by atoms with Crippen LogP contribution in [0, 0.1) is 11.9 Å². The van der Waals surface area contributed by atoms with Gasteiger partial charge in [0.1, 0.15) is 5.82 Å². The van der Waals surface area contributed by atoms with Gasteiger partial charge in [-0.25, -0.2) is 4.39 Å². The molecule has 0 saturated heterocycles. The average molecular weight is 121 g/mol. The third-order valence-corrected chi connectivity index (χ3v) is 1.05. The van der Waals surface area contributed by atoms with Crippen LogP contribution in [0.2, 0.25) is 0 Å². The zero-order valence-corrected chi connectivity index (χ0v) is 4.89. The lowest BCUT2D eigenvalue weighted by atomic mass is 10.2. The van der Waals surface area contributed by atoms with Crippen molar-refractivity contribution in [3.8, 4) is 0 Å². The standard InChI is InChI=1S/C8H6F/c1-2-7-3-5-8(9)6-4-7/h3-6H,1H2. The summed E-state index contributed by atoms with van der Waals surface area (Å²) >= 11 is 0. The van der Waals surface area contributed by atoms with Crippen molar-refractivity contribution in [3.63, 3.8) is 0 Å². The molecule has 0 unspecified atom stereocenters. The summed E-state index contributed by atoms with van der Waals surface area (Å²) in [6, 6.07) is 6.02. The Morgan fingerprint density at radius 2 is 1.78 bits per heavy atom. The maximum Gasteiger partial charge on any atom is 0.123 e. The molecule has 0 heterocycles. The summed E-state index contributed by atoms with van der Waals surface area (Å²) in [5, 5.41) is 0. The van der Waals surface area contributed by atoms with Gasteiger partial charge < -0.3 is 0 Å². The summed E-state index contributed by atoms with van der Waals surface area (Å²) < 4.78 is 12.2. The van der Waals surface area contributed by atoms with Crippen LogP contribution in [-0.4, -0.2) is 0 Å². The highest BCUT2D eigenvalue weighted by Gasteiger charge is 1.85. The lowest BCUT2D eigenvalue weighted by molar-refractivity contribution is 0.627. The van der Waals surface area contributed by atoms with Crippen LogP contribution in [0.1, 0.15) is 5.56 Å². The Morgan fingerprint density at radius 3 is 2.22 bits per heavy atom. The Hall–Kier alpha value is -1.11. The number of halogens is 1. The first-order valence-corrected chi connectivity index (χ1v) is 2.61. The normalized spacial score (nSPS) is 9.00. The van der Waals surface area contributed by atoms with E-state index >= 15 is 0 Å². The third kappa shape index (κ3) is 1.39. The Bertz CT molecular complexity index is 198. The maximum atomic E-state index is 12.2. The van der Waals surface area contributed by atoms with Crippen molar-refractivity contribution < 1.29 is 4.39 Å². The highest BCUT2D eigenvalue weighted by atomic mass is 19.1. The van der Waals surface area contributed by atoms with Crippen LogP contribution < -0.4 is 0 Å². The Morgan fingerprint density at radius 1 is 1.22 bits per heavy atom. The van der Waals surface area contributed by atoms with Crippen LogP contribution in [0.4, 0.5) is 4.39 Å². The molecule has 0 fully saturated rings. The summed E-state index contributed by atoms with van der Waals surface area (Å²) in [7, 11) is 0. The molecule has 0 spiro atoms. The molecule has 0 aliphatic carbocycles. The molecule has 0 saturated carbocycles. The van der Waals surface area contributed by atoms with E-state index in [9.17, 15) is 4.39 Å². The Kier molecular flexibility index (Phi) is 1.63. The van der Waals surface area contributed by atoms with Gasteiger partial charge in [-0.05, 0) is 23.8 Å². The van der Waals surface area contributed by atoms with Crippen molar-refractivity contribution in [1.82, 2.24) is 0 Å². The van der Waals surface area contributed by atoms with Crippen LogP contribution >= 0.6 is 0 Å². The van der Waals surface area contributed by atoms with Crippen molar-refractivity contribution >= 4 is 0 Å². The molecule has 0 aliphatic heterocycles. The SMILES string of the molecule is C=[C]c1ccc(F)cc1. The Labute approximate surface area is 53.6 Å². The lowest BCUT2D eigenvalue weighted by Crippen LogP contribution is -1.73. The van der Waals surface area contributed by atoms with Crippen molar-refractivity contribution in [2.75, 3.05) is 0 Å². The van der Waals surface area contributed by atoms with Gasteiger partial charge in [-0.2, -0.15) is 0 Å². The van der Waals surface area contributed by atoms with Crippen molar-refractivity contribution in [3.05, 3.63) is 48.3 Å². The first-order valence-electron chi connectivity index (χ1n) is 2.61. The minimum Gasteiger partial charge on any atom is -0.207 e. The first kappa shape index (κ1) is 6.02.